The molecule has 1 aliphatic rings. The van der Waals surface area contributed by atoms with Gasteiger partial charge in [-0.05, 0) is 31.9 Å². The summed E-state index contributed by atoms with van der Waals surface area (Å²) in [7, 11) is 0. The molecule has 1 aromatic rings. The second-order valence-electron chi connectivity index (χ2n) is 4.45. The molecule has 19 heavy (non-hydrogen) atoms. The first kappa shape index (κ1) is 13.4. The minimum atomic E-state index is -0.228. The highest BCUT2D eigenvalue weighted by atomic mass is 16.6. The van der Waals surface area contributed by atoms with Crippen molar-refractivity contribution < 1.29 is 9.53 Å². The van der Waals surface area contributed by atoms with E-state index in [0.717, 1.165) is 12.8 Å². The number of amides is 1. The van der Waals surface area contributed by atoms with Gasteiger partial charge in [-0.3, -0.25) is 0 Å². The van der Waals surface area contributed by atoms with Crippen molar-refractivity contribution in [3.05, 3.63) is 12.1 Å². The first-order valence-electron chi connectivity index (χ1n) is 6.46. The molecule has 1 aliphatic heterocycles. The van der Waals surface area contributed by atoms with Gasteiger partial charge in [0.05, 0.1) is 6.61 Å². The molecule has 0 radical (unpaired) electrons. The van der Waals surface area contributed by atoms with E-state index in [9.17, 15) is 4.79 Å². The van der Waals surface area contributed by atoms with Crippen LogP contribution in [-0.2, 0) is 4.74 Å². The summed E-state index contributed by atoms with van der Waals surface area (Å²) in [6, 6.07) is 3.81. The molecule has 0 saturated carbocycles. The van der Waals surface area contributed by atoms with Gasteiger partial charge in [0.1, 0.15) is 11.6 Å². The van der Waals surface area contributed by atoms with Crippen LogP contribution in [-0.4, -0.2) is 46.9 Å². The number of carbonyl (C=O) groups excluding carboxylic acids is 1. The third kappa shape index (κ3) is 3.70. The van der Waals surface area contributed by atoms with Gasteiger partial charge in [0.15, 0.2) is 0 Å². The van der Waals surface area contributed by atoms with Crippen LogP contribution in [0.15, 0.2) is 12.1 Å². The maximum atomic E-state index is 11.5. The number of likely N-dealkylation sites (tertiary alicyclic amines) is 1. The topological polar surface area (TPSA) is 93.4 Å². The van der Waals surface area contributed by atoms with Crippen LogP contribution in [0.5, 0.6) is 0 Å². The van der Waals surface area contributed by atoms with Gasteiger partial charge in [0.25, 0.3) is 0 Å². The van der Waals surface area contributed by atoms with Gasteiger partial charge in [0, 0.05) is 19.1 Å². The minimum Gasteiger partial charge on any atom is -0.450 e. The molecule has 1 saturated heterocycles. The number of ether oxygens (including phenoxy) is 1. The third-order valence-corrected chi connectivity index (χ3v) is 3.06. The summed E-state index contributed by atoms with van der Waals surface area (Å²) < 4.78 is 4.98. The first-order chi connectivity index (χ1) is 9.19. The molecule has 1 fully saturated rings. The highest BCUT2D eigenvalue weighted by molar-refractivity contribution is 5.67. The van der Waals surface area contributed by atoms with Crippen LogP contribution in [0.25, 0.3) is 0 Å². The Balaban J connectivity index is 1.80. The molecule has 0 unspecified atom stereocenters. The van der Waals surface area contributed by atoms with Gasteiger partial charge in [-0.1, -0.05) is 0 Å². The Morgan fingerprint density at radius 3 is 2.79 bits per heavy atom. The van der Waals surface area contributed by atoms with Crippen LogP contribution in [0.3, 0.4) is 0 Å². The van der Waals surface area contributed by atoms with Crippen molar-refractivity contribution in [2.45, 2.75) is 25.8 Å². The van der Waals surface area contributed by atoms with Crippen LogP contribution in [0.2, 0.25) is 0 Å². The highest BCUT2D eigenvalue weighted by Crippen LogP contribution is 2.15. The average molecular weight is 265 g/mol. The second-order valence-corrected chi connectivity index (χ2v) is 4.45. The molecular weight excluding hydrogens is 246 g/mol. The second kappa shape index (κ2) is 6.21. The maximum absolute atomic E-state index is 11.5. The number of carbonyl (C=O) groups is 1. The molecular formula is C12H19N5O2. The number of piperidine rings is 1. The van der Waals surface area contributed by atoms with Gasteiger partial charge in [-0.25, -0.2) is 4.79 Å². The predicted molar refractivity (Wildman–Crippen MR) is 71.7 cm³/mol. The molecule has 0 aromatic carbocycles. The average Bonchev–Trinajstić information content (AvgIpc) is 2.42. The Morgan fingerprint density at radius 2 is 2.21 bits per heavy atom. The Labute approximate surface area is 112 Å². The lowest BCUT2D eigenvalue weighted by Gasteiger charge is -2.31. The summed E-state index contributed by atoms with van der Waals surface area (Å²) >= 11 is 0. The maximum Gasteiger partial charge on any atom is 0.409 e. The van der Waals surface area contributed by atoms with Crippen LogP contribution >= 0.6 is 0 Å². The van der Waals surface area contributed by atoms with Crippen LogP contribution in [0.1, 0.15) is 19.8 Å². The quantitative estimate of drug-likeness (QED) is 0.849. The van der Waals surface area contributed by atoms with Crippen molar-refractivity contribution in [1.82, 2.24) is 15.1 Å². The lowest BCUT2D eigenvalue weighted by atomic mass is 10.1. The summed E-state index contributed by atoms with van der Waals surface area (Å²) in [5.74, 6) is 1.12. The van der Waals surface area contributed by atoms with E-state index in [4.69, 9.17) is 10.5 Å². The van der Waals surface area contributed by atoms with E-state index in [1.807, 2.05) is 6.92 Å². The molecule has 7 heteroatoms. The van der Waals surface area contributed by atoms with Gasteiger partial charge in [-0.2, -0.15) is 0 Å². The van der Waals surface area contributed by atoms with E-state index in [-0.39, 0.29) is 6.09 Å². The number of anilines is 2. The zero-order valence-electron chi connectivity index (χ0n) is 11.0. The number of hydrogen-bond acceptors (Lipinski definition) is 6. The molecule has 2 rings (SSSR count). The third-order valence-electron chi connectivity index (χ3n) is 3.06. The Kier molecular flexibility index (Phi) is 4.38. The summed E-state index contributed by atoms with van der Waals surface area (Å²) in [6.07, 6.45) is 1.50. The van der Waals surface area contributed by atoms with E-state index in [2.05, 4.69) is 15.5 Å². The van der Waals surface area contributed by atoms with Crippen LogP contribution < -0.4 is 11.1 Å². The van der Waals surface area contributed by atoms with E-state index >= 15 is 0 Å². The summed E-state index contributed by atoms with van der Waals surface area (Å²) in [5.41, 5.74) is 5.48. The molecule has 3 N–H and O–H groups in total. The van der Waals surface area contributed by atoms with Crippen molar-refractivity contribution in [2.75, 3.05) is 30.7 Å². The lowest BCUT2D eigenvalue weighted by molar-refractivity contribution is 0.0983. The number of hydrogen-bond donors (Lipinski definition) is 2. The van der Waals surface area contributed by atoms with Crippen molar-refractivity contribution in [3.8, 4) is 0 Å². The molecule has 104 valence electrons. The molecule has 0 bridgehead atoms. The van der Waals surface area contributed by atoms with E-state index in [1.165, 1.54) is 0 Å². The first-order valence-corrected chi connectivity index (χ1v) is 6.46. The number of rotatable bonds is 3. The van der Waals surface area contributed by atoms with Gasteiger partial charge >= 0.3 is 6.09 Å². The Bertz CT molecular complexity index is 415. The lowest BCUT2D eigenvalue weighted by Crippen LogP contribution is -2.42. The molecule has 0 spiro atoms. The molecule has 2 heterocycles. The van der Waals surface area contributed by atoms with Crippen molar-refractivity contribution in [2.24, 2.45) is 0 Å². The molecule has 7 nitrogen and oxygen atoms in total. The molecule has 0 atom stereocenters. The fourth-order valence-corrected chi connectivity index (χ4v) is 2.05. The van der Waals surface area contributed by atoms with Crippen LogP contribution in [0, 0.1) is 0 Å². The van der Waals surface area contributed by atoms with Crippen molar-refractivity contribution in [1.29, 1.82) is 0 Å². The Hall–Kier alpha value is -2.05. The van der Waals surface area contributed by atoms with E-state index in [0.29, 0.717) is 37.4 Å². The SMILES string of the molecule is CCOC(=O)N1CCC(Nc2ccc(N)nn2)CC1. The monoisotopic (exact) mass is 265 g/mol. The van der Waals surface area contributed by atoms with Gasteiger partial charge in [-0.15, -0.1) is 10.2 Å². The van der Waals surface area contributed by atoms with E-state index in [1.54, 1.807) is 17.0 Å². The number of nitrogens with two attached hydrogens (primary N) is 1. The molecule has 0 aliphatic carbocycles. The fourth-order valence-electron chi connectivity index (χ4n) is 2.05. The van der Waals surface area contributed by atoms with Crippen LogP contribution in [0.4, 0.5) is 16.4 Å². The summed E-state index contributed by atoms with van der Waals surface area (Å²) in [4.78, 5) is 13.3. The zero-order chi connectivity index (χ0) is 13.7. The largest absolute Gasteiger partial charge is 0.450 e. The zero-order valence-corrected chi connectivity index (χ0v) is 11.0. The minimum absolute atomic E-state index is 0.228. The fraction of sp³-hybridized carbons (Fsp3) is 0.583. The standard InChI is InChI=1S/C12H19N5O2/c1-2-19-12(18)17-7-5-9(6-8-17)14-11-4-3-10(13)15-16-11/h3-4,9H,2,5-8H2,1H3,(H2,13,15)(H,14,16). The van der Waals surface area contributed by atoms with E-state index < -0.39 is 0 Å². The normalized spacial score (nSPS) is 16.2. The number of nitrogens with one attached hydrogen (secondary N) is 1. The summed E-state index contributed by atoms with van der Waals surface area (Å²) in [5, 5.41) is 11.0. The predicted octanol–water partition coefficient (Wildman–Crippen LogP) is 1.09. The molecule has 1 aromatic heterocycles. The summed E-state index contributed by atoms with van der Waals surface area (Å²) in [6.45, 7) is 3.61. The number of aromatic nitrogens is 2. The molecule has 1 amide bonds. The highest BCUT2D eigenvalue weighted by Gasteiger charge is 2.23. The van der Waals surface area contributed by atoms with Gasteiger partial charge < -0.3 is 20.7 Å². The van der Waals surface area contributed by atoms with Crippen molar-refractivity contribution in [3.63, 3.8) is 0 Å². The Morgan fingerprint density at radius 1 is 1.47 bits per heavy atom. The van der Waals surface area contributed by atoms with Crippen molar-refractivity contribution >= 4 is 17.7 Å². The number of nitrogen functional groups attached to an aromatic ring is 1. The smallest absolute Gasteiger partial charge is 0.409 e. The van der Waals surface area contributed by atoms with Gasteiger partial charge in [0.2, 0.25) is 0 Å². The number of nitrogens with zero attached hydrogens (tertiary/aromatic N) is 3.